The second-order valence-electron chi connectivity index (χ2n) is 6.17. The number of H-pyrrole nitrogens is 1. The maximum absolute atomic E-state index is 13.4. The fraction of sp³-hybridized carbons (Fsp3) is 0.412. The SMILES string of the molecule is CCN1CCCC1Cn1cnc2c([nH]c3ccc(F)cc32)c1=O. The van der Waals surface area contributed by atoms with E-state index < -0.39 is 0 Å². The lowest BCUT2D eigenvalue weighted by Gasteiger charge is -2.23. The highest BCUT2D eigenvalue weighted by molar-refractivity contribution is 6.04. The van der Waals surface area contributed by atoms with Crippen LogP contribution in [0.1, 0.15) is 19.8 Å². The minimum Gasteiger partial charge on any atom is -0.349 e. The number of nitrogens with zero attached hydrogens (tertiary/aromatic N) is 3. The maximum Gasteiger partial charge on any atom is 0.277 e. The highest BCUT2D eigenvalue weighted by Gasteiger charge is 2.24. The molecule has 1 fully saturated rings. The van der Waals surface area contributed by atoms with Gasteiger partial charge in [0.1, 0.15) is 16.9 Å². The van der Waals surface area contributed by atoms with Crippen LogP contribution in [0.2, 0.25) is 0 Å². The zero-order chi connectivity index (χ0) is 16.0. The smallest absolute Gasteiger partial charge is 0.277 e. The number of hydrogen-bond donors (Lipinski definition) is 1. The Balaban J connectivity index is 1.79. The lowest BCUT2D eigenvalue weighted by molar-refractivity contribution is 0.242. The van der Waals surface area contributed by atoms with Gasteiger partial charge in [-0.2, -0.15) is 0 Å². The second kappa shape index (κ2) is 5.45. The van der Waals surface area contributed by atoms with Crippen LogP contribution in [0, 0.1) is 5.82 Å². The summed E-state index contributed by atoms with van der Waals surface area (Å²) in [5, 5.41) is 0.653. The lowest BCUT2D eigenvalue weighted by atomic mass is 10.2. The van der Waals surface area contributed by atoms with Gasteiger partial charge in [0.2, 0.25) is 0 Å². The van der Waals surface area contributed by atoms with Gasteiger partial charge in [-0.3, -0.25) is 14.3 Å². The van der Waals surface area contributed by atoms with Crippen LogP contribution in [-0.4, -0.2) is 38.6 Å². The van der Waals surface area contributed by atoms with Gasteiger partial charge in [-0.1, -0.05) is 6.92 Å². The molecule has 2 aromatic heterocycles. The predicted octanol–water partition coefficient (Wildman–Crippen LogP) is 2.50. The van der Waals surface area contributed by atoms with Gasteiger partial charge in [0.15, 0.2) is 0 Å². The molecule has 0 amide bonds. The van der Waals surface area contributed by atoms with E-state index in [4.69, 9.17) is 0 Å². The minimum absolute atomic E-state index is 0.0884. The number of hydrogen-bond acceptors (Lipinski definition) is 3. The molecule has 0 aliphatic carbocycles. The van der Waals surface area contributed by atoms with Gasteiger partial charge in [0.25, 0.3) is 5.56 Å². The topological polar surface area (TPSA) is 53.9 Å². The number of aromatic amines is 1. The van der Waals surface area contributed by atoms with E-state index >= 15 is 0 Å². The molecule has 1 N–H and O–H groups in total. The summed E-state index contributed by atoms with van der Waals surface area (Å²) in [5.41, 5.74) is 1.64. The summed E-state index contributed by atoms with van der Waals surface area (Å²) >= 11 is 0. The molecular formula is C17H19FN4O. The Bertz CT molecular complexity index is 929. The van der Waals surface area contributed by atoms with Crippen LogP contribution >= 0.6 is 0 Å². The van der Waals surface area contributed by atoms with Crippen molar-refractivity contribution in [3.8, 4) is 0 Å². The second-order valence-corrected chi connectivity index (χ2v) is 6.17. The van der Waals surface area contributed by atoms with E-state index in [-0.39, 0.29) is 11.4 Å². The third-order valence-corrected chi connectivity index (χ3v) is 4.85. The quantitative estimate of drug-likeness (QED) is 0.808. The van der Waals surface area contributed by atoms with Crippen molar-refractivity contribution in [2.75, 3.05) is 13.1 Å². The van der Waals surface area contributed by atoms with E-state index in [0.29, 0.717) is 29.0 Å². The van der Waals surface area contributed by atoms with Crippen molar-refractivity contribution < 1.29 is 4.39 Å². The Labute approximate surface area is 132 Å². The van der Waals surface area contributed by atoms with Crippen LogP contribution in [0.25, 0.3) is 21.9 Å². The molecule has 1 atom stereocenters. The van der Waals surface area contributed by atoms with Crippen molar-refractivity contribution in [3.05, 3.63) is 40.7 Å². The van der Waals surface area contributed by atoms with Crippen molar-refractivity contribution in [1.82, 2.24) is 19.4 Å². The van der Waals surface area contributed by atoms with E-state index in [1.165, 1.54) is 18.6 Å². The molecule has 0 spiro atoms. The number of halogens is 1. The molecule has 4 rings (SSSR count). The van der Waals surface area contributed by atoms with Crippen LogP contribution in [0.4, 0.5) is 4.39 Å². The molecule has 1 aromatic carbocycles. The Morgan fingerprint density at radius 2 is 2.30 bits per heavy atom. The molecule has 1 aliphatic rings. The number of aromatic nitrogens is 3. The third kappa shape index (κ3) is 2.34. The van der Waals surface area contributed by atoms with E-state index in [9.17, 15) is 9.18 Å². The fourth-order valence-corrected chi connectivity index (χ4v) is 3.64. The van der Waals surface area contributed by atoms with E-state index in [1.54, 1.807) is 17.0 Å². The zero-order valence-electron chi connectivity index (χ0n) is 13.1. The Kier molecular flexibility index (Phi) is 3.41. The van der Waals surface area contributed by atoms with Gasteiger partial charge in [-0.05, 0) is 44.1 Å². The molecule has 1 saturated heterocycles. The standard InChI is InChI=1S/C17H19FN4O/c1-2-21-7-3-4-12(21)9-22-10-19-15-13-8-11(18)5-6-14(13)20-16(15)17(22)23/h5-6,8,10,12,20H,2-4,7,9H2,1H3. The number of benzene rings is 1. The summed E-state index contributed by atoms with van der Waals surface area (Å²) in [6.07, 6.45) is 3.87. The van der Waals surface area contributed by atoms with Gasteiger partial charge in [-0.15, -0.1) is 0 Å². The van der Waals surface area contributed by atoms with Gasteiger partial charge in [0.05, 0.1) is 6.33 Å². The van der Waals surface area contributed by atoms with Crippen LogP contribution in [0.3, 0.4) is 0 Å². The first-order valence-corrected chi connectivity index (χ1v) is 8.08. The summed E-state index contributed by atoms with van der Waals surface area (Å²) in [5.74, 6) is -0.325. The molecule has 120 valence electrons. The summed E-state index contributed by atoms with van der Waals surface area (Å²) < 4.78 is 15.1. The molecule has 0 bridgehead atoms. The third-order valence-electron chi connectivity index (χ3n) is 4.85. The van der Waals surface area contributed by atoms with E-state index in [1.807, 2.05) is 0 Å². The van der Waals surface area contributed by atoms with Crippen LogP contribution in [-0.2, 0) is 6.54 Å². The summed E-state index contributed by atoms with van der Waals surface area (Å²) in [7, 11) is 0. The van der Waals surface area contributed by atoms with E-state index in [0.717, 1.165) is 25.0 Å². The highest BCUT2D eigenvalue weighted by Crippen LogP contribution is 2.23. The van der Waals surface area contributed by atoms with Crippen LogP contribution < -0.4 is 5.56 Å². The van der Waals surface area contributed by atoms with Crippen molar-refractivity contribution in [2.24, 2.45) is 0 Å². The first-order chi connectivity index (χ1) is 11.2. The predicted molar refractivity (Wildman–Crippen MR) is 88.1 cm³/mol. The largest absolute Gasteiger partial charge is 0.349 e. The molecule has 6 heteroatoms. The number of nitrogens with one attached hydrogen (secondary N) is 1. The van der Waals surface area contributed by atoms with Gasteiger partial charge in [0, 0.05) is 23.5 Å². The average molecular weight is 314 g/mol. The number of likely N-dealkylation sites (tertiary alicyclic amines) is 1. The van der Waals surface area contributed by atoms with Crippen LogP contribution in [0.5, 0.6) is 0 Å². The fourth-order valence-electron chi connectivity index (χ4n) is 3.64. The molecule has 1 unspecified atom stereocenters. The normalized spacial score (nSPS) is 19.1. The molecule has 0 radical (unpaired) electrons. The summed E-state index contributed by atoms with van der Waals surface area (Å²) in [6, 6.07) is 4.83. The summed E-state index contributed by atoms with van der Waals surface area (Å²) in [4.78, 5) is 22.6. The highest BCUT2D eigenvalue weighted by atomic mass is 19.1. The van der Waals surface area contributed by atoms with Crippen LogP contribution in [0.15, 0.2) is 29.3 Å². The Morgan fingerprint density at radius 3 is 3.13 bits per heavy atom. The number of rotatable bonds is 3. The van der Waals surface area contributed by atoms with E-state index in [2.05, 4.69) is 21.8 Å². The molecule has 3 heterocycles. The molecule has 5 nitrogen and oxygen atoms in total. The minimum atomic E-state index is -0.325. The first kappa shape index (κ1) is 14.4. The van der Waals surface area contributed by atoms with Crippen molar-refractivity contribution in [1.29, 1.82) is 0 Å². The monoisotopic (exact) mass is 314 g/mol. The zero-order valence-corrected chi connectivity index (χ0v) is 13.1. The maximum atomic E-state index is 13.4. The van der Waals surface area contributed by atoms with Gasteiger partial charge >= 0.3 is 0 Å². The molecule has 3 aromatic rings. The molecule has 1 aliphatic heterocycles. The van der Waals surface area contributed by atoms with Crippen molar-refractivity contribution >= 4 is 21.9 Å². The average Bonchev–Trinajstić information content (AvgIpc) is 3.14. The molecule has 23 heavy (non-hydrogen) atoms. The lowest BCUT2D eigenvalue weighted by Crippen LogP contribution is -2.36. The number of likely N-dealkylation sites (N-methyl/N-ethyl adjacent to an activating group) is 1. The molecular weight excluding hydrogens is 295 g/mol. The summed E-state index contributed by atoms with van der Waals surface area (Å²) in [6.45, 7) is 4.89. The number of fused-ring (bicyclic) bond motifs is 3. The molecule has 0 saturated carbocycles. The van der Waals surface area contributed by atoms with Crippen molar-refractivity contribution in [2.45, 2.75) is 32.4 Å². The Hall–Kier alpha value is -2.21. The van der Waals surface area contributed by atoms with Gasteiger partial charge < -0.3 is 4.98 Å². The Morgan fingerprint density at radius 1 is 1.43 bits per heavy atom. The van der Waals surface area contributed by atoms with Gasteiger partial charge in [-0.25, -0.2) is 9.37 Å². The first-order valence-electron chi connectivity index (χ1n) is 8.08. The van der Waals surface area contributed by atoms with Crippen molar-refractivity contribution in [3.63, 3.8) is 0 Å².